The maximum Gasteiger partial charge on any atom is 0.165 e. The molecule has 4 rings (SSSR count). The minimum atomic E-state index is 0.0803. The molecule has 6 nitrogen and oxygen atoms in total. The fourth-order valence-electron chi connectivity index (χ4n) is 2.46. The summed E-state index contributed by atoms with van der Waals surface area (Å²) in [5.41, 5.74) is 3.76. The zero-order chi connectivity index (χ0) is 15.8. The Bertz CT molecular complexity index is 977. The lowest BCUT2D eigenvalue weighted by molar-refractivity contribution is 0.473. The van der Waals surface area contributed by atoms with Crippen molar-refractivity contribution in [3.8, 4) is 23.0 Å². The van der Waals surface area contributed by atoms with Crippen LogP contribution < -0.4 is 0 Å². The number of fused-ring (bicyclic) bond motifs is 1. The largest absolute Gasteiger partial charge is 0.506 e. The van der Waals surface area contributed by atoms with Crippen LogP contribution in [0.2, 0.25) is 0 Å². The van der Waals surface area contributed by atoms with Gasteiger partial charge in [0.05, 0.1) is 18.1 Å². The van der Waals surface area contributed by atoms with Gasteiger partial charge in [0.25, 0.3) is 0 Å². The minimum absolute atomic E-state index is 0.0803. The van der Waals surface area contributed by atoms with Crippen molar-refractivity contribution in [2.24, 2.45) is 0 Å². The summed E-state index contributed by atoms with van der Waals surface area (Å²) < 4.78 is 1.89. The molecule has 0 unspecified atom stereocenters. The highest BCUT2D eigenvalue weighted by Crippen LogP contribution is 2.27. The van der Waals surface area contributed by atoms with Crippen molar-refractivity contribution in [3.05, 3.63) is 60.7 Å². The average molecular weight is 303 g/mol. The number of aromatic hydroxyl groups is 1. The lowest BCUT2D eigenvalue weighted by Gasteiger charge is -2.08. The average Bonchev–Trinajstić information content (AvgIpc) is 2.95. The van der Waals surface area contributed by atoms with Gasteiger partial charge in [-0.3, -0.25) is 14.5 Å². The third-order valence-corrected chi connectivity index (χ3v) is 3.53. The van der Waals surface area contributed by atoms with E-state index in [9.17, 15) is 5.11 Å². The third-order valence-electron chi connectivity index (χ3n) is 3.53. The lowest BCUT2D eigenvalue weighted by atomic mass is 10.3. The molecular weight excluding hydrogens is 290 g/mol. The Kier molecular flexibility index (Phi) is 3.01. The summed E-state index contributed by atoms with van der Waals surface area (Å²) in [5, 5.41) is 9.67. The van der Waals surface area contributed by atoms with Crippen LogP contribution in [0.1, 0.15) is 5.69 Å². The smallest absolute Gasteiger partial charge is 0.165 e. The standard InChI is InChI=1S/C17H13N5O/c1-11-5-6-12(9-19-11)22-16-15(8-13(23)10-20-16)21-17(22)14-4-2-3-7-18-14/h2-10,23H,1H3. The number of pyridine rings is 3. The van der Waals surface area contributed by atoms with Gasteiger partial charge in [-0.1, -0.05) is 6.07 Å². The molecule has 0 aromatic carbocycles. The number of imidazole rings is 1. The Morgan fingerprint density at radius 3 is 2.65 bits per heavy atom. The molecule has 0 amide bonds. The first-order valence-electron chi connectivity index (χ1n) is 7.14. The highest BCUT2D eigenvalue weighted by Gasteiger charge is 2.16. The molecule has 0 bridgehead atoms. The molecule has 1 N–H and O–H groups in total. The second kappa shape index (κ2) is 5.17. The first kappa shape index (κ1) is 13.4. The van der Waals surface area contributed by atoms with Gasteiger partial charge in [0.1, 0.15) is 17.0 Å². The Hall–Kier alpha value is -3.28. The van der Waals surface area contributed by atoms with Crippen LogP contribution in [-0.2, 0) is 0 Å². The molecule has 6 heteroatoms. The molecule has 4 aromatic rings. The molecule has 4 aromatic heterocycles. The molecule has 0 aliphatic heterocycles. The van der Waals surface area contributed by atoms with Gasteiger partial charge in [-0.05, 0) is 31.2 Å². The van der Waals surface area contributed by atoms with Crippen molar-refractivity contribution in [2.45, 2.75) is 6.92 Å². The topological polar surface area (TPSA) is 76.7 Å². The number of rotatable bonds is 2. The van der Waals surface area contributed by atoms with Crippen LogP contribution in [0.15, 0.2) is 55.0 Å². The molecule has 0 radical (unpaired) electrons. The van der Waals surface area contributed by atoms with Gasteiger partial charge in [-0.25, -0.2) is 9.97 Å². The van der Waals surface area contributed by atoms with Crippen LogP contribution in [0.3, 0.4) is 0 Å². The van der Waals surface area contributed by atoms with Crippen molar-refractivity contribution in [1.82, 2.24) is 24.5 Å². The normalized spacial score (nSPS) is 11.0. The Balaban J connectivity index is 2.05. The highest BCUT2D eigenvalue weighted by molar-refractivity contribution is 5.80. The highest BCUT2D eigenvalue weighted by atomic mass is 16.3. The summed E-state index contributed by atoms with van der Waals surface area (Å²) in [6, 6.07) is 11.1. The van der Waals surface area contributed by atoms with E-state index in [-0.39, 0.29) is 5.75 Å². The second-order valence-corrected chi connectivity index (χ2v) is 5.18. The van der Waals surface area contributed by atoms with Crippen molar-refractivity contribution in [3.63, 3.8) is 0 Å². The number of nitrogens with zero attached hydrogens (tertiary/aromatic N) is 5. The predicted molar refractivity (Wildman–Crippen MR) is 86.3 cm³/mol. The predicted octanol–water partition coefficient (Wildman–Crippen LogP) is 2.89. The van der Waals surface area contributed by atoms with Crippen LogP contribution >= 0.6 is 0 Å². The van der Waals surface area contributed by atoms with Gasteiger partial charge in [-0.15, -0.1) is 0 Å². The van der Waals surface area contributed by atoms with Gasteiger partial charge in [-0.2, -0.15) is 0 Å². The van der Waals surface area contributed by atoms with Crippen LogP contribution in [0, 0.1) is 6.92 Å². The van der Waals surface area contributed by atoms with Gasteiger partial charge >= 0.3 is 0 Å². The fraction of sp³-hybridized carbons (Fsp3) is 0.0588. The Morgan fingerprint density at radius 1 is 1.00 bits per heavy atom. The van der Waals surface area contributed by atoms with Crippen LogP contribution in [0.25, 0.3) is 28.4 Å². The molecule has 0 saturated carbocycles. The SMILES string of the molecule is Cc1ccc(-n2c(-c3ccccn3)nc3cc(O)cnc32)cn1. The molecule has 23 heavy (non-hydrogen) atoms. The number of aromatic nitrogens is 5. The van der Waals surface area contributed by atoms with Crippen molar-refractivity contribution < 1.29 is 5.11 Å². The van der Waals surface area contributed by atoms with Crippen molar-refractivity contribution in [1.29, 1.82) is 0 Å². The molecule has 0 aliphatic carbocycles. The van der Waals surface area contributed by atoms with Crippen molar-refractivity contribution >= 4 is 11.2 Å². The van der Waals surface area contributed by atoms with Crippen LogP contribution in [0.5, 0.6) is 5.75 Å². The first-order valence-corrected chi connectivity index (χ1v) is 7.14. The Labute approximate surface area is 132 Å². The summed E-state index contributed by atoms with van der Waals surface area (Å²) in [4.78, 5) is 17.6. The Morgan fingerprint density at radius 2 is 1.91 bits per heavy atom. The van der Waals surface area contributed by atoms with Crippen molar-refractivity contribution in [2.75, 3.05) is 0 Å². The monoisotopic (exact) mass is 303 g/mol. The van der Waals surface area contributed by atoms with Crippen LogP contribution in [-0.4, -0.2) is 29.6 Å². The molecule has 0 spiro atoms. The lowest BCUT2D eigenvalue weighted by Crippen LogP contribution is -2.00. The van der Waals surface area contributed by atoms with E-state index < -0.39 is 0 Å². The summed E-state index contributed by atoms with van der Waals surface area (Å²) in [6.07, 6.45) is 4.90. The zero-order valence-electron chi connectivity index (χ0n) is 12.4. The van der Waals surface area contributed by atoms with E-state index in [0.717, 1.165) is 17.1 Å². The summed E-state index contributed by atoms with van der Waals surface area (Å²) >= 11 is 0. The third kappa shape index (κ3) is 2.30. The van der Waals surface area contributed by atoms with E-state index in [4.69, 9.17) is 0 Å². The van der Waals surface area contributed by atoms with E-state index >= 15 is 0 Å². The zero-order valence-corrected chi connectivity index (χ0v) is 12.4. The molecule has 0 saturated heterocycles. The van der Waals surface area contributed by atoms with Gasteiger partial charge < -0.3 is 5.11 Å². The summed E-state index contributed by atoms with van der Waals surface area (Å²) in [5.74, 6) is 0.737. The van der Waals surface area contributed by atoms with Gasteiger partial charge in [0, 0.05) is 18.0 Å². The maximum absolute atomic E-state index is 9.67. The summed E-state index contributed by atoms with van der Waals surface area (Å²) in [7, 11) is 0. The van der Waals surface area contributed by atoms with Crippen LogP contribution in [0.4, 0.5) is 0 Å². The second-order valence-electron chi connectivity index (χ2n) is 5.18. The molecular formula is C17H13N5O. The van der Waals surface area contributed by atoms with E-state index in [1.165, 1.54) is 6.20 Å². The molecule has 4 heterocycles. The van der Waals surface area contributed by atoms with E-state index in [1.54, 1.807) is 18.5 Å². The van der Waals surface area contributed by atoms with Gasteiger partial charge in [0.15, 0.2) is 11.5 Å². The molecule has 112 valence electrons. The fourth-order valence-corrected chi connectivity index (χ4v) is 2.46. The van der Waals surface area contributed by atoms with Gasteiger partial charge in [0.2, 0.25) is 0 Å². The number of aryl methyl sites for hydroxylation is 1. The number of hydrogen-bond donors (Lipinski definition) is 1. The van der Waals surface area contributed by atoms with E-state index in [2.05, 4.69) is 19.9 Å². The molecule has 0 fully saturated rings. The molecule has 0 atom stereocenters. The number of hydrogen-bond acceptors (Lipinski definition) is 5. The minimum Gasteiger partial charge on any atom is -0.506 e. The maximum atomic E-state index is 9.67. The first-order chi connectivity index (χ1) is 11.2. The quantitative estimate of drug-likeness (QED) is 0.616. The summed E-state index contributed by atoms with van der Waals surface area (Å²) in [6.45, 7) is 1.94. The van der Waals surface area contributed by atoms with E-state index in [0.29, 0.717) is 17.0 Å². The molecule has 0 aliphatic rings. The van der Waals surface area contributed by atoms with E-state index in [1.807, 2.05) is 41.8 Å².